The van der Waals surface area contributed by atoms with Gasteiger partial charge in [-0.15, -0.1) is 0 Å². The number of hydrogen-bond acceptors (Lipinski definition) is 9. The van der Waals surface area contributed by atoms with Gasteiger partial charge in [-0.1, -0.05) is 79.6 Å². The van der Waals surface area contributed by atoms with E-state index in [1.807, 2.05) is 0 Å². The number of cyclic esters (lactones) is 1. The smallest absolute Gasteiger partial charge is 0.377 e. The number of fused-ring (bicyclic) bond motifs is 1. The maximum Gasteiger partial charge on any atom is 0.377 e. The van der Waals surface area contributed by atoms with Gasteiger partial charge in [0.25, 0.3) is 0 Å². The Labute approximate surface area is 313 Å². The van der Waals surface area contributed by atoms with E-state index in [1.165, 1.54) is 61.8 Å². The minimum Gasteiger partial charge on any atom is -0.505 e. The molecule has 2 aliphatic rings. The molecule has 0 saturated heterocycles. The highest BCUT2D eigenvalue weighted by Gasteiger charge is 2.40. The van der Waals surface area contributed by atoms with Crippen LogP contribution in [0.3, 0.4) is 0 Å². The number of aliphatic hydroxyl groups is 3. The standard InChI is InChI=1S/C42H70N2O8/c1-10-35(46)44(26-34(45)40-36(47)37(48)41(49)51-40)24-22-43-23-25-50-38-30(6)31(7)39-33(32(38)8)19-21-42(9,52-39)20-13-18-29(5)17-12-16-28(4)15-11-14-27(2)3/h27-29,34,40,43,45,47-48H,10-26H2,1-9H3/t28-,29-,34+,40-,42-/m1/s1. The van der Waals surface area contributed by atoms with Crippen molar-refractivity contribution in [3.8, 4) is 11.5 Å². The number of ether oxygens (including phenoxy) is 3. The number of nitrogens with zero attached hydrogens (tertiary/aromatic N) is 1. The molecular weight excluding hydrogens is 660 g/mol. The van der Waals surface area contributed by atoms with Gasteiger partial charge in [0.15, 0.2) is 11.9 Å². The lowest BCUT2D eigenvalue weighted by atomic mass is 9.83. The summed E-state index contributed by atoms with van der Waals surface area (Å²) in [4.78, 5) is 25.5. The van der Waals surface area contributed by atoms with Gasteiger partial charge in [0.05, 0.1) is 6.54 Å². The number of amides is 1. The van der Waals surface area contributed by atoms with Gasteiger partial charge in [-0.25, -0.2) is 4.79 Å². The summed E-state index contributed by atoms with van der Waals surface area (Å²) < 4.78 is 18.0. The van der Waals surface area contributed by atoms with Crippen LogP contribution >= 0.6 is 0 Å². The first-order valence-corrected chi connectivity index (χ1v) is 20.0. The number of hydrogen-bond donors (Lipinski definition) is 4. The molecule has 0 fully saturated rings. The number of esters is 1. The van der Waals surface area contributed by atoms with Crippen LogP contribution in [0, 0.1) is 38.5 Å². The molecule has 10 heteroatoms. The molecule has 0 aliphatic carbocycles. The first kappa shape index (κ1) is 43.4. The zero-order valence-electron chi connectivity index (χ0n) is 33.7. The van der Waals surface area contributed by atoms with Crippen LogP contribution in [0.15, 0.2) is 11.5 Å². The molecule has 0 radical (unpaired) electrons. The maximum atomic E-state index is 12.5. The molecule has 10 nitrogen and oxygen atoms in total. The summed E-state index contributed by atoms with van der Waals surface area (Å²) in [6, 6.07) is 0. The number of benzene rings is 1. The first-order chi connectivity index (χ1) is 24.6. The Morgan fingerprint density at radius 2 is 1.60 bits per heavy atom. The fraction of sp³-hybridized carbons (Fsp3) is 0.762. The van der Waals surface area contributed by atoms with E-state index in [4.69, 9.17) is 14.2 Å². The second kappa shape index (κ2) is 20.5. The molecule has 1 amide bonds. The van der Waals surface area contributed by atoms with Crippen LogP contribution in [0.5, 0.6) is 11.5 Å². The quantitative estimate of drug-likeness (QED) is 0.0653. The summed E-state index contributed by atoms with van der Waals surface area (Å²) in [5, 5.41) is 33.3. The van der Waals surface area contributed by atoms with Gasteiger partial charge < -0.3 is 39.7 Å². The van der Waals surface area contributed by atoms with E-state index in [-0.39, 0.29) is 24.5 Å². The van der Waals surface area contributed by atoms with Crippen molar-refractivity contribution in [1.82, 2.24) is 10.2 Å². The summed E-state index contributed by atoms with van der Waals surface area (Å²) >= 11 is 0. The van der Waals surface area contributed by atoms with Crippen molar-refractivity contribution < 1.29 is 39.1 Å². The first-order valence-electron chi connectivity index (χ1n) is 20.0. The van der Waals surface area contributed by atoms with Gasteiger partial charge >= 0.3 is 5.97 Å². The summed E-state index contributed by atoms with van der Waals surface area (Å²) in [5.41, 5.74) is 4.46. The average molecular weight is 731 g/mol. The minimum atomic E-state index is -1.40. The normalized spacial score (nSPS) is 20.4. The van der Waals surface area contributed by atoms with Crippen LogP contribution < -0.4 is 14.8 Å². The lowest BCUT2D eigenvalue weighted by Crippen LogP contribution is -2.45. The Balaban J connectivity index is 1.43. The fourth-order valence-corrected chi connectivity index (χ4v) is 7.63. The number of carbonyl (C=O) groups excluding carboxylic acids is 2. The predicted molar refractivity (Wildman–Crippen MR) is 206 cm³/mol. The average Bonchev–Trinajstić information content (AvgIpc) is 3.35. The van der Waals surface area contributed by atoms with Crippen molar-refractivity contribution in [2.45, 2.75) is 157 Å². The number of carbonyl (C=O) groups is 2. The van der Waals surface area contributed by atoms with Crippen LogP contribution in [0.1, 0.15) is 134 Å². The van der Waals surface area contributed by atoms with Gasteiger partial charge in [-0.2, -0.15) is 0 Å². The molecule has 2 heterocycles. The Morgan fingerprint density at radius 1 is 0.962 bits per heavy atom. The summed E-state index contributed by atoms with van der Waals surface area (Å²) in [6.45, 7) is 21.4. The van der Waals surface area contributed by atoms with Crippen molar-refractivity contribution >= 4 is 11.9 Å². The Morgan fingerprint density at radius 3 is 2.19 bits per heavy atom. The molecule has 0 bridgehead atoms. The molecule has 1 aromatic carbocycles. The molecule has 3 rings (SSSR count). The molecule has 52 heavy (non-hydrogen) atoms. The van der Waals surface area contributed by atoms with Gasteiger partial charge in [0.2, 0.25) is 11.7 Å². The van der Waals surface area contributed by atoms with E-state index in [0.29, 0.717) is 26.2 Å². The van der Waals surface area contributed by atoms with E-state index in [1.54, 1.807) is 6.92 Å². The maximum absolute atomic E-state index is 12.5. The topological polar surface area (TPSA) is 138 Å². The third-order valence-corrected chi connectivity index (χ3v) is 11.3. The molecule has 1 aromatic rings. The Hall–Kier alpha value is -2.98. The molecule has 0 spiro atoms. The molecular formula is C42H70N2O8. The van der Waals surface area contributed by atoms with Crippen molar-refractivity contribution in [3.05, 3.63) is 33.8 Å². The Bertz CT molecular complexity index is 1360. The Kier molecular flexibility index (Phi) is 17.1. The second-order valence-corrected chi connectivity index (χ2v) is 16.3. The molecule has 4 N–H and O–H groups in total. The lowest BCUT2D eigenvalue weighted by molar-refractivity contribution is -0.148. The van der Waals surface area contributed by atoms with Crippen molar-refractivity contribution in [2.24, 2.45) is 17.8 Å². The van der Waals surface area contributed by atoms with Crippen LogP contribution in [0.25, 0.3) is 0 Å². The van der Waals surface area contributed by atoms with Gasteiger partial charge in [-0.05, 0) is 87.8 Å². The lowest BCUT2D eigenvalue weighted by Gasteiger charge is -2.38. The highest BCUT2D eigenvalue weighted by molar-refractivity contribution is 5.89. The van der Waals surface area contributed by atoms with E-state index in [9.17, 15) is 24.9 Å². The number of nitrogens with one attached hydrogen (secondary N) is 1. The second-order valence-electron chi connectivity index (χ2n) is 16.3. The van der Waals surface area contributed by atoms with Crippen molar-refractivity contribution in [3.63, 3.8) is 0 Å². The molecule has 2 aliphatic heterocycles. The van der Waals surface area contributed by atoms with Crippen LogP contribution in [-0.2, 0) is 20.7 Å². The highest BCUT2D eigenvalue weighted by atomic mass is 16.6. The number of rotatable bonds is 23. The van der Waals surface area contributed by atoms with Crippen molar-refractivity contribution in [1.29, 1.82) is 0 Å². The summed E-state index contributed by atoms with van der Waals surface area (Å²) in [7, 11) is 0. The molecule has 296 valence electrons. The zero-order valence-corrected chi connectivity index (χ0v) is 33.7. The van der Waals surface area contributed by atoms with Gasteiger partial charge in [0.1, 0.15) is 29.8 Å². The zero-order chi connectivity index (χ0) is 38.6. The third-order valence-electron chi connectivity index (χ3n) is 11.3. The summed E-state index contributed by atoms with van der Waals surface area (Å²) in [6.07, 6.45) is 11.0. The monoisotopic (exact) mass is 731 g/mol. The largest absolute Gasteiger partial charge is 0.505 e. The summed E-state index contributed by atoms with van der Waals surface area (Å²) in [5.74, 6) is 1.41. The molecule has 5 atom stereocenters. The fourth-order valence-electron chi connectivity index (χ4n) is 7.63. The van der Waals surface area contributed by atoms with Crippen LogP contribution in [0.2, 0.25) is 0 Å². The molecule has 0 saturated carbocycles. The van der Waals surface area contributed by atoms with Crippen LogP contribution in [0.4, 0.5) is 0 Å². The van der Waals surface area contributed by atoms with E-state index >= 15 is 0 Å². The minimum absolute atomic E-state index is 0.156. The van der Waals surface area contributed by atoms with E-state index in [0.717, 1.165) is 65.2 Å². The van der Waals surface area contributed by atoms with Crippen molar-refractivity contribution in [2.75, 3.05) is 32.8 Å². The van der Waals surface area contributed by atoms with Gasteiger partial charge in [-0.3, -0.25) is 4.79 Å². The molecule has 0 unspecified atom stereocenters. The van der Waals surface area contributed by atoms with Gasteiger partial charge in [0, 0.05) is 31.6 Å². The highest BCUT2D eigenvalue weighted by Crippen LogP contribution is 2.45. The predicted octanol–water partition coefficient (Wildman–Crippen LogP) is 7.96. The third kappa shape index (κ3) is 12.3. The molecule has 0 aromatic heterocycles. The number of aliphatic hydroxyl groups excluding tert-OH is 3. The van der Waals surface area contributed by atoms with E-state index in [2.05, 4.69) is 60.7 Å². The van der Waals surface area contributed by atoms with Crippen LogP contribution in [-0.4, -0.2) is 82.7 Å². The van der Waals surface area contributed by atoms with E-state index < -0.39 is 29.7 Å². The SMILES string of the molecule is CCC(=O)N(CCNCCOc1c(C)c(C)c2c(c1C)CC[C@@](C)(CCC[C@H](C)CCC[C@H](C)CCCC(C)C)O2)C[C@H](O)[C@H]1OC(=O)C(O)=C1O.